The molecule has 2 aliphatic rings. The number of alkyl halides is 4. The van der Waals surface area contributed by atoms with Gasteiger partial charge in [0.15, 0.2) is 11.6 Å². The molecule has 0 saturated heterocycles. The molecule has 0 radical (unpaired) electrons. The van der Waals surface area contributed by atoms with Gasteiger partial charge in [0, 0.05) is 11.1 Å². The summed E-state index contributed by atoms with van der Waals surface area (Å²) in [6.07, 6.45) is 2.53. The van der Waals surface area contributed by atoms with E-state index in [0.717, 1.165) is 0 Å². The van der Waals surface area contributed by atoms with Crippen molar-refractivity contribution >= 4 is 119 Å². The number of carbonyl (C=O) groups excluding carboxylic acids is 4. The second kappa shape index (κ2) is 6.25. The molecule has 0 bridgehead atoms. The fourth-order valence-corrected chi connectivity index (χ4v) is 5.59. The molecule has 116 valence electrons. The summed E-state index contributed by atoms with van der Waals surface area (Å²) in [6, 6.07) is 0. The Bertz CT molecular complexity index is 679. The molecule has 2 aliphatic carbocycles. The monoisotopic (exact) mass is 684 g/mol. The molecular weight excluding hydrogens is 688 g/mol. The molecular formula is C12H2Br6O4. The van der Waals surface area contributed by atoms with Crippen molar-refractivity contribution in [2.24, 2.45) is 0 Å². The first-order valence-corrected chi connectivity index (χ1v) is 10.1. The zero-order valence-electron chi connectivity index (χ0n) is 10.1. The van der Waals surface area contributed by atoms with Gasteiger partial charge in [-0.3, -0.25) is 19.2 Å². The summed E-state index contributed by atoms with van der Waals surface area (Å²) in [5.74, 6) is -2.31. The maximum atomic E-state index is 12.5. The molecule has 0 atom stereocenters. The van der Waals surface area contributed by atoms with Crippen LogP contribution in [0.15, 0.2) is 32.3 Å². The summed E-state index contributed by atoms with van der Waals surface area (Å²) in [6.45, 7) is 0. The lowest BCUT2D eigenvalue weighted by Gasteiger charge is -2.27. The standard InChI is InChI=1S/C12H2Br6O4/c13-5-1-3(7(19)11(15,16)9(5)21)4-2-6(14)10(22)12(17,18)8(4)20/h1-2H/b4-3-. The fraction of sp³-hybridized carbons (Fsp3) is 0.167. The second-order valence-corrected chi connectivity index (χ2v) is 12.9. The van der Waals surface area contributed by atoms with Gasteiger partial charge in [-0.05, 0) is 44.0 Å². The van der Waals surface area contributed by atoms with Gasteiger partial charge in [0.2, 0.25) is 18.0 Å². The van der Waals surface area contributed by atoms with Crippen LogP contribution in [0.3, 0.4) is 0 Å². The minimum atomic E-state index is -1.65. The van der Waals surface area contributed by atoms with Crippen molar-refractivity contribution in [3.05, 3.63) is 32.3 Å². The second-order valence-electron chi connectivity index (χ2n) is 4.28. The molecule has 22 heavy (non-hydrogen) atoms. The third kappa shape index (κ3) is 2.92. The lowest BCUT2D eigenvalue weighted by atomic mass is 9.88. The topological polar surface area (TPSA) is 68.3 Å². The van der Waals surface area contributed by atoms with Gasteiger partial charge in [0.1, 0.15) is 0 Å². The van der Waals surface area contributed by atoms with Gasteiger partial charge in [-0.15, -0.1) is 0 Å². The summed E-state index contributed by atoms with van der Waals surface area (Å²) in [7, 11) is 0. The fourth-order valence-electron chi connectivity index (χ4n) is 1.76. The Labute approximate surface area is 175 Å². The first-order valence-electron chi connectivity index (χ1n) is 5.36. The predicted molar refractivity (Wildman–Crippen MR) is 102 cm³/mol. The van der Waals surface area contributed by atoms with E-state index >= 15 is 0 Å². The van der Waals surface area contributed by atoms with Crippen molar-refractivity contribution in [3.8, 4) is 0 Å². The summed E-state index contributed by atoms with van der Waals surface area (Å²) in [5, 5.41) is 0. The van der Waals surface area contributed by atoms with E-state index in [2.05, 4.69) is 95.6 Å². The van der Waals surface area contributed by atoms with Crippen LogP contribution in [0.1, 0.15) is 0 Å². The molecule has 0 aliphatic heterocycles. The Morgan fingerprint density at radius 3 is 1.14 bits per heavy atom. The van der Waals surface area contributed by atoms with Crippen molar-refractivity contribution in [1.29, 1.82) is 0 Å². The highest BCUT2D eigenvalue weighted by Gasteiger charge is 2.51. The number of carbonyl (C=O) groups is 4. The maximum absolute atomic E-state index is 12.5. The minimum Gasteiger partial charge on any atom is -0.291 e. The van der Waals surface area contributed by atoms with Crippen LogP contribution in [0.25, 0.3) is 0 Å². The number of allylic oxidation sites excluding steroid dienone is 6. The molecule has 0 amide bonds. The van der Waals surface area contributed by atoms with Crippen LogP contribution in [0.5, 0.6) is 0 Å². The summed E-state index contributed by atoms with van der Waals surface area (Å²) in [4.78, 5) is 48.9. The molecule has 0 aromatic heterocycles. The van der Waals surface area contributed by atoms with Gasteiger partial charge in [-0.25, -0.2) is 0 Å². The zero-order chi connectivity index (χ0) is 17.0. The predicted octanol–water partition coefficient (Wildman–Crippen LogP) is 4.12. The molecule has 2 rings (SSSR count). The highest BCUT2D eigenvalue weighted by molar-refractivity contribution is 9.26. The van der Waals surface area contributed by atoms with E-state index < -0.39 is 29.6 Å². The van der Waals surface area contributed by atoms with Crippen LogP contribution < -0.4 is 0 Å². The van der Waals surface area contributed by atoms with Gasteiger partial charge in [-0.1, -0.05) is 63.7 Å². The normalized spacial score (nSPS) is 27.7. The van der Waals surface area contributed by atoms with E-state index in [1.165, 1.54) is 12.2 Å². The minimum absolute atomic E-state index is 0.00190. The lowest BCUT2D eigenvalue weighted by Crippen LogP contribution is -2.43. The molecule has 0 heterocycles. The Morgan fingerprint density at radius 1 is 0.591 bits per heavy atom. The Balaban J connectivity index is 2.80. The third-order valence-electron chi connectivity index (χ3n) is 2.90. The third-order valence-corrected chi connectivity index (χ3v) is 6.96. The highest BCUT2D eigenvalue weighted by atomic mass is 79.9. The SMILES string of the molecule is O=C1C(Br)=C/C(=C2\C=C(Br)C(=O)C(Br)(Br)C2=O)C(=O)C1(Br)Br. The average molecular weight is 690 g/mol. The lowest BCUT2D eigenvalue weighted by molar-refractivity contribution is -0.125. The molecule has 0 fully saturated rings. The molecule has 0 saturated carbocycles. The van der Waals surface area contributed by atoms with Crippen LogP contribution in [0, 0.1) is 0 Å². The molecule has 0 N–H and O–H groups in total. The highest BCUT2D eigenvalue weighted by Crippen LogP contribution is 2.45. The first kappa shape index (κ1) is 19.1. The maximum Gasteiger partial charge on any atom is 0.206 e. The Kier molecular flexibility index (Phi) is 5.43. The molecule has 4 nitrogen and oxygen atoms in total. The number of hydrogen-bond acceptors (Lipinski definition) is 4. The van der Waals surface area contributed by atoms with Crippen LogP contribution in [-0.4, -0.2) is 29.6 Å². The molecule has 0 unspecified atom stereocenters. The molecule has 0 aromatic carbocycles. The van der Waals surface area contributed by atoms with Crippen molar-refractivity contribution in [2.45, 2.75) is 6.47 Å². The van der Waals surface area contributed by atoms with E-state index in [-0.39, 0.29) is 20.1 Å². The van der Waals surface area contributed by atoms with Crippen LogP contribution >= 0.6 is 95.6 Å². The molecule has 10 heteroatoms. The quantitative estimate of drug-likeness (QED) is 0.218. The number of halogens is 6. The van der Waals surface area contributed by atoms with E-state index in [1.807, 2.05) is 0 Å². The van der Waals surface area contributed by atoms with Crippen molar-refractivity contribution in [2.75, 3.05) is 0 Å². The number of ketones is 4. The van der Waals surface area contributed by atoms with Crippen LogP contribution in [0.2, 0.25) is 0 Å². The van der Waals surface area contributed by atoms with Crippen LogP contribution in [-0.2, 0) is 19.2 Å². The van der Waals surface area contributed by atoms with Gasteiger partial charge < -0.3 is 0 Å². The zero-order valence-corrected chi connectivity index (χ0v) is 19.6. The molecule has 0 spiro atoms. The molecule has 0 aromatic rings. The first-order chi connectivity index (χ1) is 9.92. The average Bonchev–Trinajstić information content (AvgIpc) is 2.44. The smallest absolute Gasteiger partial charge is 0.206 e. The summed E-state index contributed by atoms with van der Waals surface area (Å²) >= 11 is 18.2. The number of Topliss-reactive ketones (excluding diaryl/α,β-unsaturated/α-hetero) is 4. The largest absolute Gasteiger partial charge is 0.291 e. The van der Waals surface area contributed by atoms with Gasteiger partial charge in [0.05, 0.1) is 8.96 Å². The number of rotatable bonds is 0. The van der Waals surface area contributed by atoms with E-state index in [1.54, 1.807) is 0 Å². The van der Waals surface area contributed by atoms with Gasteiger partial charge >= 0.3 is 0 Å². The Morgan fingerprint density at radius 2 is 0.864 bits per heavy atom. The van der Waals surface area contributed by atoms with Crippen molar-refractivity contribution in [3.63, 3.8) is 0 Å². The van der Waals surface area contributed by atoms with Crippen molar-refractivity contribution in [1.82, 2.24) is 0 Å². The number of hydrogen-bond donors (Lipinski definition) is 0. The van der Waals surface area contributed by atoms with E-state index in [0.29, 0.717) is 0 Å². The van der Waals surface area contributed by atoms with Crippen molar-refractivity contribution < 1.29 is 19.2 Å². The summed E-state index contributed by atoms with van der Waals surface area (Å²) < 4.78 is -3.07. The summed E-state index contributed by atoms with van der Waals surface area (Å²) in [5.41, 5.74) is -0.00380. The Hall–Kier alpha value is 0.780. The van der Waals surface area contributed by atoms with Gasteiger partial charge in [-0.2, -0.15) is 0 Å². The van der Waals surface area contributed by atoms with E-state index in [9.17, 15) is 19.2 Å². The van der Waals surface area contributed by atoms with Gasteiger partial charge in [0.25, 0.3) is 0 Å². The van der Waals surface area contributed by atoms with E-state index in [4.69, 9.17) is 0 Å². The van der Waals surface area contributed by atoms with Crippen LogP contribution in [0.4, 0.5) is 0 Å².